The number of aryl methyl sites for hydroxylation is 1. The van der Waals surface area contributed by atoms with Gasteiger partial charge in [0.25, 0.3) is 11.8 Å². The van der Waals surface area contributed by atoms with Gasteiger partial charge in [0.05, 0.1) is 34.7 Å². The Hall–Kier alpha value is -4.48. The summed E-state index contributed by atoms with van der Waals surface area (Å²) in [5.74, 6) is -0.0722. The van der Waals surface area contributed by atoms with Crippen molar-refractivity contribution in [2.75, 3.05) is 17.2 Å². The van der Waals surface area contributed by atoms with E-state index in [1.807, 2.05) is 17.8 Å². The first kappa shape index (κ1) is 24.6. The van der Waals surface area contributed by atoms with Crippen molar-refractivity contribution in [2.24, 2.45) is 13.0 Å². The summed E-state index contributed by atoms with van der Waals surface area (Å²) in [4.78, 5) is 50.8. The van der Waals surface area contributed by atoms with Crippen molar-refractivity contribution in [2.45, 2.75) is 56.5 Å². The molecule has 206 valence electrons. The average Bonchev–Trinajstić information content (AvgIpc) is 3.48. The third-order valence-corrected chi connectivity index (χ3v) is 8.43. The van der Waals surface area contributed by atoms with Crippen molar-refractivity contribution in [3.05, 3.63) is 53.5 Å². The molecule has 2 saturated carbocycles. The highest BCUT2D eigenvalue weighted by molar-refractivity contribution is 6.23. The van der Waals surface area contributed by atoms with Crippen LogP contribution in [0.4, 0.5) is 17.2 Å². The third kappa shape index (κ3) is 4.23. The van der Waals surface area contributed by atoms with Gasteiger partial charge in [0.2, 0.25) is 11.8 Å². The molecule has 3 aromatic rings. The van der Waals surface area contributed by atoms with E-state index < -0.39 is 23.8 Å². The molecule has 2 aromatic heterocycles. The van der Waals surface area contributed by atoms with E-state index in [9.17, 15) is 19.2 Å². The van der Waals surface area contributed by atoms with Crippen LogP contribution in [0.5, 0.6) is 0 Å². The van der Waals surface area contributed by atoms with E-state index in [2.05, 4.69) is 31.9 Å². The highest BCUT2D eigenvalue weighted by Crippen LogP contribution is 2.45. The molecule has 1 saturated heterocycles. The molecule has 0 bridgehead atoms. The van der Waals surface area contributed by atoms with Crippen molar-refractivity contribution in [1.82, 2.24) is 29.8 Å². The predicted octanol–water partition coefficient (Wildman–Crippen LogP) is 2.70. The van der Waals surface area contributed by atoms with Gasteiger partial charge in [-0.15, -0.1) is 0 Å². The summed E-state index contributed by atoms with van der Waals surface area (Å²) < 4.78 is 3.92. The second-order valence-electron chi connectivity index (χ2n) is 11.2. The predicted molar refractivity (Wildman–Crippen MR) is 144 cm³/mol. The lowest BCUT2D eigenvalue weighted by atomic mass is 9.80. The number of carbonyl (C=O) groups excluding carboxylic acids is 4. The Labute approximate surface area is 230 Å². The van der Waals surface area contributed by atoms with Crippen LogP contribution in [0.2, 0.25) is 0 Å². The van der Waals surface area contributed by atoms with E-state index in [1.54, 1.807) is 24.4 Å². The number of hydrogen-bond acceptors (Lipinski definition) is 8. The molecule has 4 amide bonds. The number of rotatable bonds is 8. The molecule has 12 heteroatoms. The maximum absolute atomic E-state index is 13.1. The summed E-state index contributed by atoms with van der Waals surface area (Å²) in [6, 6.07) is 6.44. The molecule has 2 aliphatic heterocycles. The quantitative estimate of drug-likeness (QED) is 0.369. The largest absolute Gasteiger partial charge is 0.385 e. The van der Waals surface area contributed by atoms with E-state index >= 15 is 0 Å². The molecule has 4 aliphatic rings. The zero-order valence-corrected chi connectivity index (χ0v) is 22.1. The second kappa shape index (κ2) is 9.32. The fraction of sp³-hybridized carbons (Fsp3) is 0.429. The number of fused-ring (bicyclic) bond motifs is 1. The maximum Gasteiger partial charge on any atom is 0.262 e. The van der Waals surface area contributed by atoms with Gasteiger partial charge in [-0.1, -0.05) is 0 Å². The number of hydrogen-bond donors (Lipinski definition) is 3. The first-order valence-electron chi connectivity index (χ1n) is 13.8. The minimum absolute atomic E-state index is 0.0988. The highest BCUT2D eigenvalue weighted by Gasteiger charge is 2.44. The minimum Gasteiger partial charge on any atom is -0.385 e. The van der Waals surface area contributed by atoms with Crippen LogP contribution in [0.1, 0.15) is 76.9 Å². The van der Waals surface area contributed by atoms with Crippen molar-refractivity contribution in [1.29, 1.82) is 0 Å². The first-order chi connectivity index (χ1) is 19.4. The molecule has 3 N–H and O–H groups in total. The smallest absolute Gasteiger partial charge is 0.262 e. The van der Waals surface area contributed by atoms with Crippen LogP contribution in [0.3, 0.4) is 0 Å². The number of nitrogens with one attached hydrogen (secondary N) is 3. The summed E-state index contributed by atoms with van der Waals surface area (Å²) in [6.45, 7) is 0.741. The van der Waals surface area contributed by atoms with E-state index in [1.165, 1.54) is 12.8 Å². The first-order valence-corrected chi connectivity index (χ1v) is 13.8. The second-order valence-corrected chi connectivity index (χ2v) is 11.2. The molecular formula is C28H30N8O4. The van der Waals surface area contributed by atoms with E-state index in [-0.39, 0.29) is 29.9 Å². The lowest BCUT2D eigenvalue weighted by Crippen LogP contribution is -2.54. The molecule has 2 aliphatic carbocycles. The summed E-state index contributed by atoms with van der Waals surface area (Å²) in [7, 11) is 1.91. The van der Waals surface area contributed by atoms with Crippen molar-refractivity contribution in [3.8, 4) is 0 Å². The summed E-state index contributed by atoms with van der Waals surface area (Å²) in [5, 5.41) is 18.3. The number of nitrogens with zero attached hydrogens (tertiary/aromatic N) is 5. The van der Waals surface area contributed by atoms with Crippen LogP contribution in [-0.2, 0) is 16.6 Å². The number of aromatic nitrogens is 4. The molecule has 1 atom stereocenters. The van der Waals surface area contributed by atoms with E-state index in [0.29, 0.717) is 17.9 Å². The molecule has 4 heterocycles. The van der Waals surface area contributed by atoms with Crippen molar-refractivity contribution < 1.29 is 19.2 Å². The Morgan fingerprint density at radius 3 is 2.55 bits per heavy atom. The van der Waals surface area contributed by atoms with Gasteiger partial charge in [-0.3, -0.25) is 38.8 Å². The molecule has 12 nitrogen and oxygen atoms in total. The molecule has 40 heavy (non-hydrogen) atoms. The fourth-order valence-corrected chi connectivity index (χ4v) is 5.91. The molecule has 3 fully saturated rings. The van der Waals surface area contributed by atoms with E-state index in [0.717, 1.165) is 47.2 Å². The molecule has 0 spiro atoms. The van der Waals surface area contributed by atoms with Gasteiger partial charge in [-0.2, -0.15) is 10.2 Å². The zero-order valence-electron chi connectivity index (χ0n) is 22.1. The number of amides is 4. The van der Waals surface area contributed by atoms with Crippen LogP contribution in [0.15, 0.2) is 36.7 Å². The van der Waals surface area contributed by atoms with Gasteiger partial charge in [0.15, 0.2) is 0 Å². The maximum atomic E-state index is 13.1. The molecule has 1 unspecified atom stereocenters. The monoisotopic (exact) mass is 542 g/mol. The van der Waals surface area contributed by atoms with Crippen molar-refractivity contribution in [3.63, 3.8) is 0 Å². The Morgan fingerprint density at radius 1 is 1.02 bits per heavy atom. The Kier molecular flexibility index (Phi) is 5.72. The van der Waals surface area contributed by atoms with Gasteiger partial charge in [-0.25, -0.2) is 0 Å². The summed E-state index contributed by atoms with van der Waals surface area (Å²) >= 11 is 0. The van der Waals surface area contributed by atoms with E-state index in [4.69, 9.17) is 5.10 Å². The highest BCUT2D eigenvalue weighted by atomic mass is 16.2. The number of anilines is 3. The Bertz CT molecular complexity index is 1550. The van der Waals surface area contributed by atoms with Gasteiger partial charge < -0.3 is 10.6 Å². The minimum atomic E-state index is -0.962. The van der Waals surface area contributed by atoms with Crippen LogP contribution in [-0.4, -0.2) is 60.7 Å². The Morgan fingerprint density at radius 2 is 1.82 bits per heavy atom. The zero-order chi connectivity index (χ0) is 27.5. The molecule has 7 rings (SSSR count). The topological polar surface area (TPSA) is 143 Å². The molecule has 0 radical (unpaired) electrons. The number of carbonyl (C=O) groups is 4. The third-order valence-electron chi connectivity index (χ3n) is 8.43. The Balaban J connectivity index is 0.972. The summed E-state index contributed by atoms with van der Waals surface area (Å²) in [5.41, 5.74) is 3.50. The standard InChI is InChI=1S/C28H30N8O4/c1-34-23(8-9-30-34)31-21-14-35(33-25(21)16-2-3-16)18-10-15(11-18)13-29-17-4-5-19-20(12-17)28(40)36(27(19)39)22-6-7-24(37)32-26(22)38/h4-5,8-9,12,14-16,18,22,29,31H,2-3,6-7,10-11,13H2,1H3,(H,32,37,38). The molecular weight excluding hydrogens is 512 g/mol. The molecule has 1 aromatic carbocycles. The SMILES string of the molecule is Cn1nccc1Nc1cn(C2CC(CNc3ccc4c(c3)C(=O)N(C3CCC(=O)NC3=O)C4=O)C2)nc1C1CC1. The van der Waals surface area contributed by atoms with Crippen LogP contribution in [0.25, 0.3) is 0 Å². The lowest BCUT2D eigenvalue weighted by Gasteiger charge is -2.35. The van der Waals surface area contributed by atoms with Gasteiger partial charge in [0.1, 0.15) is 11.9 Å². The van der Waals surface area contributed by atoms with Crippen LogP contribution >= 0.6 is 0 Å². The number of imide groups is 2. The van der Waals surface area contributed by atoms with Crippen molar-refractivity contribution >= 4 is 40.8 Å². The fourth-order valence-electron chi connectivity index (χ4n) is 5.91. The van der Waals surface area contributed by atoms with Crippen LogP contribution < -0.4 is 16.0 Å². The van der Waals surface area contributed by atoms with Gasteiger partial charge in [-0.05, 0) is 56.2 Å². The number of benzene rings is 1. The number of piperidine rings is 1. The van der Waals surface area contributed by atoms with Crippen LogP contribution in [0, 0.1) is 5.92 Å². The summed E-state index contributed by atoms with van der Waals surface area (Å²) in [6.07, 6.45) is 8.47. The average molecular weight is 543 g/mol. The van der Waals surface area contributed by atoms with Gasteiger partial charge >= 0.3 is 0 Å². The lowest BCUT2D eigenvalue weighted by molar-refractivity contribution is -0.136. The van der Waals surface area contributed by atoms with Gasteiger partial charge in [0, 0.05) is 43.9 Å². The normalized spacial score (nSPS) is 24.1.